The minimum atomic E-state index is -1.07. The van der Waals surface area contributed by atoms with Crippen LogP contribution in [0.1, 0.15) is 28.8 Å². The standard InChI is InChI=1S/C14H18O3S/c1-11-2-4-12(5-3-11)14(15)10-18(16)13-6-8-17-9-7-13/h2-5,13H,6-10H2,1H3. The van der Waals surface area contributed by atoms with Gasteiger partial charge >= 0.3 is 0 Å². The van der Waals surface area contributed by atoms with E-state index in [9.17, 15) is 9.00 Å². The molecule has 98 valence electrons. The molecule has 0 N–H and O–H groups in total. The first-order chi connectivity index (χ1) is 8.66. The second-order valence-electron chi connectivity index (χ2n) is 4.63. The van der Waals surface area contributed by atoms with Gasteiger partial charge in [0, 0.05) is 34.8 Å². The molecule has 1 atom stereocenters. The number of rotatable bonds is 4. The minimum absolute atomic E-state index is 0.0279. The molecule has 1 aliphatic rings. The van der Waals surface area contributed by atoms with Gasteiger partial charge in [-0.1, -0.05) is 29.8 Å². The highest BCUT2D eigenvalue weighted by atomic mass is 32.2. The molecule has 1 aromatic carbocycles. The maximum Gasteiger partial charge on any atom is 0.175 e. The molecule has 2 rings (SSSR count). The van der Waals surface area contributed by atoms with Crippen molar-refractivity contribution in [3.05, 3.63) is 35.4 Å². The molecule has 0 aromatic heterocycles. The minimum Gasteiger partial charge on any atom is -0.381 e. The van der Waals surface area contributed by atoms with Crippen LogP contribution in [0.25, 0.3) is 0 Å². The van der Waals surface area contributed by atoms with Crippen LogP contribution in [0.4, 0.5) is 0 Å². The predicted octanol–water partition coefficient (Wildman–Crippen LogP) is 2.11. The summed E-state index contributed by atoms with van der Waals surface area (Å²) in [5.74, 6) is 0.105. The lowest BCUT2D eigenvalue weighted by Gasteiger charge is -2.21. The summed E-state index contributed by atoms with van der Waals surface area (Å²) in [4.78, 5) is 12.0. The number of ketones is 1. The molecule has 0 aliphatic carbocycles. The zero-order valence-corrected chi connectivity index (χ0v) is 11.4. The van der Waals surface area contributed by atoms with E-state index in [2.05, 4.69) is 0 Å². The Bertz CT molecular complexity index is 433. The summed E-state index contributed by atoms with van der Waals surface area (Å²) in [6, 6.07) is 7.42. The molecule has 0 saturated carbocycles. The number of aryl methyl sites for hydroxylation is 1. The molecule has 1 heterocycles. The molecule has 0 amide bonds. The fraction of sp³-hybridized carbons (Fsp3) is 0.500. The Morgan fingerprint density at radius 2 is 1.89 bits per heavy atom. The SMILES string of the molecule is Cc1ccc(C(=O)CS(=O)C2CCOCC2)cc1. The van der Waals surface area contributed by atoms with Gasteiger partial charge in [0.15, 0.2) is 5.78 Å². The molecule has 18 heavy (non-hydrogen) atoms. The van der Waals surface area contributed by atoms with E-state index in [1.165, 1.54) is 0 Å². The van der Waals surface area contributed by atoms with Crippen LogP contribution in [0.3, 0.4) is 0 Å². The zero-order valence-electron chi connectivity index (χ0n) is 10.6. The van der Waals surface area contributed by atoms with Gasteiger partial charge in [-0.2, -0.15) is 0 Å². The molecular formula is C14H18O3S. The van der Waals surface area contributed by atoms with Crippen molar-refractivity contribution in [2.24, 2.45) is 0 Å². The molecule has 0 bridgehead atoms. The quantitative estimate of drug-likeness (QED) is 0.784. The largest absolute Gasteiger partial charge is 0.381 e. The van der Waals surface area contributed by atoms with Gasteiger partial charge in [0.2, 0.25) is 0 Å². The van der Waals surface area contributed by atoms with Crippen molar-refractivity contribution in [3.8, 4) is 0 Å². The van der Waals surface area contributed by atoms with Crippen LogP contribution in [0, 0.1) is 6.92 Å². The van der Waals surface area contributed by atoms with Crippen molar-refractivity contribution < 1.29 is 13.7 Å². The normalized spacial score (nSPS) is 18.5. The third-order valence-corrected chi connectivity index (χ3v) is 4.95. The Labute approximate surface area is 110 Å². The summed E-state index contributed by atoms with van der Waals surface area (Å²) in [6.45, 7) is 3.30. The number of benzene rings is 1. The van der Waals surface area contributed by atoms with E-state index in [0.717, 1.165) is 18.4 Å². The average molecular weight is 266 g/mol. The highest BCUT2D eigenvalue weighted by Crippen LogP contribution is 2.14. The predicted molar refractivity (Wildman–Crippen MR) is 72.4 cm³/mol. The van der Waals surface area contributed by atoms with Crippen LogP contribution in [-0.2, 0) is 15.5 Å². The van der Waals surface area contributed by atoms with Crippen LogP contribution in [-0.4, -0.2) is 34.2 Å². The van der Waals surface area contributed by atoms with Gasteiger partial charge in [0.1, 0.15) is 0 Å². The van der Waals surface area contributed by atoms with Gasteiger partial charge < -0.3 is 4.74 Å². The maximum absolute atomic E-state index is 12.1. The van der Waals surface area contributed by atoms with Crippen molar-refractivity contribution in [1.82, 2.24) is 0 Å². The Morgan fingerprint density at radius 1 is 1.28 bits per heavy atom. The maximum atomic E-state index is 12.1. The molecule has 1 aliphatic heterocycles. The first-order valence-corrected chi connectivity index (χ1v) is 7.60. The summed E-state index contributed by atoms with van der Waals surface area (Å²) in [6.07, 6.45) is 1.60. The molecule has 1 unspecified atom stereocenters. The second kappa shape index (κ2) is 6.25. The van der Waals surface area contributed by atoms with Gasteiger partial charge in [-0.05, 0) is 19.8 Å². The van der Waals surface area contributed by atoms with E-state index in [0.29, 0.717) is 18.8 Å². The molecule has 1 fully saturated rings. The number of ether oxygens (including phenoxy) is 1. The number of carbonyl (C=O) groups is 1. The summed E-state index contributed by atoms with van der Waals surface area (Å²) in [5, 5.41) is 0.119. The van der Waals surface area contributed by atoms with E-state index in [1.54, 1.807) is 12.1 Å². The van der Waals surface area contributed by atoms with E-state index in [4.69, 9.17) is 4.74 Å². The zero-order chi connectivity index (χ0) is 13.0. The van der Waals surface area contributed by atoms with E-state index >= 15 is 0 Å². The Balaban J connectivity index is 1.94. The van der Waals surface area contributed by atoms with Gasteiger partial charge in [0.25, 0.3) is 0 Å². The van der Waals surface area contributed by atoms with Gasteiger partial charge in [0.05, 0.1) is 5.75 Å². The van der Waals surface area contributed by atoms with Crippen LogP contribution >= 0.6 is 0 Å². The first kappa shape index (κ1) is 13.4. The molecule has 0 spiro atoms. The molecule has 1 aromatic rings. The number of hydrogen-bond acceptors (Lipinski definition) is 3. The van der Waals surface area contributed by atoms with Gasteiger partial charge in [-0.25, -0.2) is 0 Å². The molecule has 0 radical (unpaired) electrons. The fourth-order valence-electron chi connectivity index (χ4n) is 2.01. The lowest BCUT2D eigenvalue weighted by molar-refractivity contribution is 0.0980. The first-order valence-electron chi connectivity index (χ1n) is 6.21. The average Bonchev–Trinajstić information content (AvgIpc) is 2.40. The Morgan fingerprint density at radius 3 is 2.50 bits per heavy atom. The van der Waals surface area contributed by atoms with E-state index < -0.39 is 10.8 Å². The highest BCUT2D eigenvalue weighted by molar-refractivity contribution is 7.86. The van der Waals surface area contributed by atoms with E-state index in [-0.39, 0.29) is 16.8 Å². The highest BCUT2D eigenvalue weighted by Gasteiger charge is 2.22. The van der Waals surface area contributed by atoms with Gasteiger partial charge in [-0.3, -0.25) is 9.00 Å². The molecule has 3 nitrogen and oxygen atoms in total. The van der Waals surface area contributed by atoms with Crippen molar-refractivity contribution in [2.75, 3.05) is 19.0 Å². The summed E-state index contributed by atoms with van der Waals surface area (Å²) in [5.41, 5.74) is 1.78. The lowest BCUT2D eigenvalue weighted by atomic mass is 10.1. The molecular weight excluding hydrogens is 248 g/mol. The lowest BCUT2D eigenvalue weighted by Crippen LogP contribution is -2.28. The van der Waals surface area contributed by atoms with Crippen molar-refractivity contribution in [1.29, 1.82) is 0 Å². The van der Waals surface area contributed by atoms with Crippen LogP contribution in [0.5, 0.6) is 0 Å². The number of carbonyl (C=O) groups excluding carboxylic acids is 1. The van der Waals surface area contributed by atoms with Crippen molar-refractivity contribution >= 4 is 16.6 Å². The smallest absolute Gasteiger partial charge is 0.175 e. The summed E-state index contributed by atoms with van der Waals surface area (Å²) < 4.78 is 17.3. The molecule has 4 heteroatoms. The van der Waals surface area contributed by atoms with Crippen LogP contribution < -0.4 is 0 Å². The third kappa shape index (κ3) is 3.50. The Hall–Kier alpha value is -1.00. The third-order valence-electron chi connectivity index (χ3n) is 3.19. The van der Waals surface area contributed by atoms with Crippen LogP contribution in [0.15, 0.2) is 24.3 Å². The molecule has 1 saturated heterocycles. The monoisotopic (exact) mass is 266 g/mol. The summed E-state index contributed by atoms with van der Waals surface area (Å²) in [7, 11) is -1.07. The Kier molecular flexibility index (Phi) is 4.66. The second-order valence-corrected chi connectivity index (χ2v) is 6.34. The van der Waals surface area contributed by atoms with Gasteiger partial charge in [-0.15, -0.1) is 0 Å². The topological polar surface area (TPSA) is 43.4 Å². The van der Waals surface area contributed by atoms with Crippen LogP contribution in [0.2, 0.25) is 0 Å². The van der Waals surface area contributed by atoms with Crippen molar-refractivity contribution in [3.63, 3.8) is 0 Å². The number of hydrogen-bond donors (Lipinski definition) is 0. The fourth-order valence-corrected chi connectivity index (χ4v) is 3.39. The van der Waals surface area contributed by atoms with Crippen molar-refractivity contribution in [2.45, 2.75) is 25.0 Å². The van der Waals surface area contributed by atoms with E-state index in [1.807, 2.05) is 19.1 Å². The number of Topliss-reactive ketones (excluding diaryl/α,β-unsaturated/α-hetero) is 1. The summed E-state index contributed by atoms with van der Waals surface area (Å²) >= 11 is 0.